The van der Waals surface area contributed by atoms with Crippen LogP contribution < -0.4 is 10.1 Å². The van der Waals surface area contributed by atoms with Crippen molar-refractivity contribution in [1.29, 1.82) is 0 Å². The fourth-order valence-electron chi connectivity index (χ4n) is 2.66. The quantitative estimate of drug-likeness (QED) is 0.421. The van der Waals surface area contributed by atoms with Crippen molar-refractivity contribution < 1.29 is 13.3 Å². The van der Waals surface area contributed by atoms with E-state index in [0.717, 1.165) is 16.8 Å². The number of rotatable bonds is 2. The van der Waals surface area contributed by atoms with Crippen molar-refractivity contribution in [1.82, 2.24) is 14.9 Å². The van der Waals surface area contributed by atoms with Gasteiger partial charge in [-0.15, -0.1) is 4.52 Å². The van der Waals surface area contributed by atoms with Crippen molar-refractivity contribution in [2.45, 2.75) is 5.33 Å². The predicted molar refractivity (Wildman–Crippen MR) is 87.4 cm³/mol. The highest BCUT2D eigenvalue weighted by atomic mass is 79.9. The van der Waals surface area contributed by atoms with Gasteiger partial charge in [-0.2, -0.15) is 0 Å². The number of fused-ring (bicyclic) bond motifs is 3. The Balaban J connectivity index is 2.12. The molecule has 4 rings (SSSR count). The van der Waals surface area contributed by atoms with E-state index in [0.29, 0.717) is 27.6 Å². The van der Waals surface area contributed by atoms with E-state index in [4.69, 9.17) is 0 Å². The summed E-state index contributed by atoms with van der Waals surface area (Å²) >= 11 is 3.34. The van der Waals surface area contributed by atoms with Gasteiger partial charge in [0.2, 0.25) is 0 Å². The third-order valence-electron chi connectivity index (χ3n) is 3.77. The van der Waals surface area contributed by atoms with Gasteiger partial charge in [0.25, 0.3) is 5.52 Å². The summed E-state index contributed by atoms with van der Waals surface area (Å²) in [6, 6.07) is 10.6. The molecule has 1 N–H and O–H groups in total. The average molecular weight is 392 g/mol. The molecule has 0 spiro atoms. The lowest BCUT2D eigenvalue weighted by Crippen LogP contribution is -2.28. The molecule has 0 radical (unpaired) electrons. The summed E-state index contributed by atoms with van der Waals surface area (Å²) in [5.41, 5.74) is 2.12. The largest absolute Gasteiger partial charge is 0.408 e. The molecule has 0 saturated carbocycles. The summed E-state index contributed by atoms with van der Waals surface area (Å²) in [5, 5.41) is 3.30. The molecule has 0 atom stereocenters. The van der Waals surface area contributed by atoms with Crippen LogP contribution in [0.2, 0.25) is 0 Å². The van der Waals surface area contributed by atoms with E-state index in [9.17, 15) is 13.6 Å². The first-order chi connectivity index (χ1) is 11.6. The van der Waals surface area contributed by atoms with Gasteiger partial charge in [0.05, 0.1) is 5.33 Å². The van der Waals surface area contributed by atoms with Crippen LogP contribution in [0.1, 0.15) is 5.69 Å². The van der Waals surface area contributed by atoms with Gasteiger partial charge in [0, 0.05) is 6.07 Å². The highest BCUT2D eigenvalue weighted by Crippen LogP contribution is 2.14. The first-order valence-electron chi connectivity index (χ1n) is 7.06. The lowest BCUT2D eigenvalue weighted by molar-refractivity contribution is -0.556. The second-order valence-electron chi connectivity index (χ2n) is 5.20. The number of hydrogen-bond acceptors (Lipinski definition) is 2. The van der Waals surface area contributed by atoms with Crippen LogP contribution in [0, 0.1) is 11.6 Å². The molecule has 2 aromatic heterocycles. The number of nitrogens with one attached hydrogen (secondary N) is 1. The zero-order valence-corrected chi connectivity index (χ0v) is 13.7. The van der Waals surface area contributed by atoms with Crippen LogP contribution in [-0.4, -0.2) is 14.9 Å². The maximum Gasteiger partial charge on any atom is 0.408 e. The molecule has 0 aliphatic rings. The Hall–Kier alpha value is -2.61. The van der Waals surface area contributed by atoms with Gasteiger partial charge >= 0.3 is 5.56 Å². The Kier molecular flexibility index (Phi) is 3.42. The SMILES string of the molecule is O=c1c2c(CBr)nc3ccccc3[n+]2[nH]n1-c1ccc(F)c(F)c1. The molecule has 0 aliphatic carbocycles. The first-order valence-corrected chi connectivity index (χ1v) is 8.18. The Labute approximate surface area is 142 Å². The standard InChI is InChI=1S/C16H9BrF2N4O/c17-8-13-15-16(24)22(9-5-6-10(18)11(19)7-9)21-23(15)14-4-2-1-3-12(14)20-13/h1-7H,8H2/p+1. The number of aromatic amines is 1. The molecule has 4 aromatic rings. The van der Waals surface area contributed by atoms with Gasteiger partial charge in [-0.25, -0.2) is 18.6 Å². The molecule has 0 bridgehead atoms. The smallest absolute Gasteiger partial charge is 0.243 e. The number of alkyl halides is 1. The first kappa shape index (κ1) is 14.9. The number of aromatic nitrogens is 4. The van der Waals surface area contributed by atoms with E-state index in [1.807, 2.05) is 24.3 Å². The van der Waals surface area contributed by atoms with Crippen molar-refractivity contribution in [2.24, 2.45) is 0 Å². The van der Waals surface area contributed by atoms with Gasteiger partial charge < -0.3 is 0 Å². The van der Waals surface area contributed by atoms with Crippen molar-refractivity contribution in [2.75, 3.05) is 0 Å². The van der Waals surface area contributed by atoms with Crippen LogP contribution in [-0.2, 0) is 5.33 Å². The Morgan fingerprint density at radius 2 is 1.96 bits per heavy atom. The summed E-state index contributed by atoms with van der Waals surface area (Å²) in [7, 11) is 0. The molecule has 0 unspecified atom stereocenters. The molecule has 2 aromatic carbocycles. The number of nitrogens with zero attached hydrogens (tertiary/aromatic N) is 3. The van der Waals surface area contributed by atoms with Crippen molar-refractivity contribution in [3.8, 4) is 5.69 Å². The lowest BCUT2D eigenvalue weighted by Gasteiger charge is -1.98. The van der Waals surface area contributed by atoms with E-state index < -0.39 is 17.2 Å². The zero-order chi connectivity index (χ0) is 16.8. The van der Waals surface area contributed by atoms with Gasteiger partial charge in [-0.05, 0) is 24.3 Å². The summed E-state index contributed by atoms with van der Waals surface area (Å²) in [6.07, 6.45) is 0. The van der Waals surface area contributed by atoms with E-state index in [1.165, 1.54) is 6.07 Å². The van der Waals surface area contributed by atoms with Gasteiger partial charge in [0.1, 0.15) is 11.2 Å². The number of para-hydroxylation sites is 2. The number of benzene rings is 2. The van der Waals surface area contributed by atoms with E-state index in [-0.39, 0.29) is 5.69 Å². The van der Waals surface area contributed by atoms with Crippen LogP contribution in [0.3, 0.4) is 0 Å². The molecule has 24 heavy (non-hydrogen) atoms. The van der Waals surface area contributed by atoms with E-state index in [2.05, 4.69) is 26.1 Å². The fraction of sp³-hybridized carbons (Fsp3) is 0.0625. The van der Waals surface area contributed by atoms with Crippen molar-refractivity contribution >= 4 is 32.5 Å². The number of halogens is 3. The highest BCUT2D eigenvalue weighted by molar-refractivity contribution is 9.08. The van der Waals surface area contributed by atoms with Crippen LogP contribution in [0.5, 0.6) is 0 Å². The minimum absolute atomic E-state index is 0.201. The van der Waals surface area contributed by atoms with E-state index in [1.54, 1.807) is 4.52 Å². The molecule has 0 saturated heterocycles. The van der Waals surface area contributed by atoms with Crippen molar-refractivity contribution in [3.05, 3.63) is 70.1 Å². The van der Waals surface area contributed by atoms with Gasteiger partial charge in [0.15, 0.2) is 22.8 Å². The maximum atomic E-state index is 13.5. The normalized spacial score (nSPS) is 11.5. The van der Waals surface area contributed by atoms with Crippen molar-refractivity contribution in [3.63, 3.8) is 0 Å². The summed E-state index contributed by atoms with van der Waals surface area (Å²) in [5.74, 6) is -1.99. The summed E-state index contributed by atoms with van der Waals surface area (Å²) < 4.78 is 29.4. The maximum absolute atomic E-state index is 13.5. The monoisotopic (exact) mass is 391 g/mol. The molecule has 5 nitrogen and oxygen atoms in total. The molecular formula is C16H10BrF2N4O+. The predicted octanol–water partition coefficient (Wildman–Crippen LogP) is 2.63. The Morgan fingerprint density at radius 3 is 2.71 bits per heavy atom. The fourth-order valence-corrected chi connectivity index (χ4v) is 3.05. The summed E-state index contributed by atoms with van der Waals surface area (Å²) in [4.78, 5) is 17.3. The number of H-pyrrole nitrogens is 1. The molecule has 8 heteroatoms. The third-order valence-corrected chi connectivity index (χ3v) is 4.30. The van der Waals surface area contributed by atoms with Crippen LogP contribution in [0.15, 0.2) is 47.3 Å². The average Bonchev–Trinajstić information content (AvgIpc) is 2.95. The molecule has 2 heterocycles. The Morgan fingerprint density at radius 1 is 1.17 bits per heavy atom. The summed E-state index contributed by atoms with van der Waals surface area (Å²) in [6.45, 7) is 0. The highest BCUT2D eigenvalue weighted by Gasteiger charge is 2.24. The van der Waals surface area contributed by atoms with Gasteiger partial charge in [-0.3, -0.25) is 0 Å². The molecular weight excluding hydrogens is 382 g/mol. The van der Waals surface area contributed by atoms with Crippen LogP contribution in [0.25, 0.3) is 22.2 Å². The molecule has 120 valence electrons. The second kappa shape index (κ2) is 5.48. The molecule has 0 amide bonds. The second-order valence-corrected chi connectivity index (χ2v) is 5.76. The van der Waals surface area contributed by atoms with Gasteiger partial charge in [-0.1, -0.05) is 38.0 Å². The number of hydrogen-bond donors (Lipinski definition) is 1. The molecule has 0 fully saturated rings. The van der Waals surface area contributed by atoms with Crippen LogP contribution >= 0.6 is 15.9 Å². The minimum Gasteiger partial charge on any atom is -0.243 e. The third kappa shape index (κ3) is 2.14. The minimum atomic E-state index is -1.02. The Bertz CT molecular complexity index is 1150. The van der Waals surface area contributed by atoms with Crippen LogP contribution in [0.4, 0.5) is 8.78 Å². The lowest BCUT2D eigenvalue weighted by atomic mass is 10.2. The van der Waals surface area contributed by atoms with E-state index >= 15 is 0 Å². The molecule has 0 aliphatic heterocycles. The zero-order valence-electron chi connectivity index (χ0n) is 12.1. The topological polar surface area (TPSA) is 54.8 Å².